The summed E-state index contributed by atoms with van der Waals surface area (Å²) in [6.07, 6.45) is 2.62. The molecular formula is C12H6N2O2. The summed E-state index contributed by atoms with van der Waals surface area (Å²) in [7, 11) is 0. The largest absolute Gasteiger partial charge is 0.289 e. The van der Waals surface area contributed by atoms with E-state index in [1.165, 1.54) is 24.3 Å². The number of hydrogen-bond donors (Lipinski definition) is 0. The molecular weight excluding hydrogens is 204 g/mol. The predicted molar refractivity (Wildman–Crippen MR) is 55.5 cm³/mol. The van der Waals surface area contributed by atoms with E-state index in [2.05, 4.69) is 0 Å². The Hall–Kier alpha value is -2.72. The van der Waals surface area contributed by atoms with Crippen LogP contribution < -0.4 is 0 Å². The first-order chi connectivity index (χ1) is 7.70. The van der Waals surface area contributed by atoms with E-state index in [-0.39, 0.29) is 11.6 Å². The fourth-order valence-electron chi connectivity index (χ4n) is 1.24. The molecule has 0 spiro atoms. The third kappa shape index (κ3) is 2.40. The highest BCUT2D eigenvalue weighted by Gasteiger charge is 2.16. The minimum atomic E-state index is -0.0924. The molecule has 1 aromatic rings. The Bertz CT molecular complexity index is 496. The molecule has 1 aliphatic carbocycles. The van der Waals surface area contributed by atoms with Crippen molar-refractivity contribution in [3.63, 3.8) is 0 Å². The lowest BCUT2D eigenvalue weighted by Crippen LogP contribution is -2.10. The number of fused-ring (bicyclic) bond motifs is 1. The summed E-state index contributed by atoms with van der Waals surface area (Å²) in [6, 6.07) is 9.31. The summed E-state index contributed by atoms with van der Waals surface area (Å²) in [5, 5.41) is 14.5. The van der Waals surface area contributed by atoms with Gasteiger partial charge in [0, 0.05) is 11.1 Å². The van der Waals surface area contributed by atoms with Crippen LogP contribution >= 0.6 is 0 Å². The first-order valence-corrected chi connectivity index (χ1v) is 4.34. The second-order valence-electron chi connectivity index (χ2n) is 2.83. The van der Waals surface area contributed by atoms with Gasteiger partial charge in [-0.15, -0.1) is 0 Å². The molecule has 0 saturated carbocycles. The molecule has 4 nitrogen and oxygen atoms in total. The third-order valence-electron chi connectivity index (χ3n) is 1.89. The van der Waals surface area contributed by atoms with E-state index in [4.69, 9.17) is 10.5 Å². The lowest BCUT2D eigenvalue weighted by atomic mass is 9.95. The highest BCUT2D eigenvalue weighted by Crippen LogP contribution is 2.15. The zero-order valence-corrected chi connectivity index (χ0v) is 8.18. The van der Waals surface area contributed by atoms with Crippen LogP contribution in [-0.4, -0.2) is 11.6 Å². The highest BCUT2D eigenvalue weighted by molar-refractivity contribution is 6.21. The number of benzene rings is 1. The van der Waals surface area contributed by atoms with Gasteiger partial charge in [-0.25, -0.2) is 0 Å². The summed E-state index contributed by atoms with van der Waals surface area (Å²) < 4.78 is 0. The topological polar surface area (TPSA) is 81.7 Å². The van der Waals surface area contributed by atoms with Gasteiger partial charge in [0.2, 0.25) is 0 Å². The van der Waals surface area contributed by atoms with Crippen LogP contribution in [0.3, 0.4) is 0 Å². The van der Waals surface area contributed by atoms with E-state index in [9.17, 15) is 9.59 Å². The van der Waals surface area contributed by atoms with Gasteiger partial charge in [0.15, 0.2) is 23.7 Å². The van der Waals surface area contributed by atoms with Crippen LogP contribution in [0.1, 0.15) is 20.7 Å². The van der Waals surface area contributed by atoms with Gasteiger partial charge >= 0.3 is 0 Å². The SMILES string of the molecule is N#CC#N.O=C1C=CC(=O)c2ccccc21. The number of ketones is 2. The Labute approximate surface area is 92.0 Å². The summed E-state index contributed by atoms with van der Waals surface area (Å²) in [6.45, 7) is 0. The molecule has 0 fully saturated rings. The number of rotatable bonds is 0. The van der Waals surface area contributed by atoms with Crippen LogP contribution in [0.15, 0.2) is 36.4 Å². The van der Waals surface area contributed by atoms with Crippen molar-refractivity contribution in [3.05, 3.63) is 47.5 Å². The minimum absolute atomic E-state index is 0.0924. The van der Waals surface area contributed by atoms with Crippen molar-refractivity contribution in [3.8, 4) is 12.1 Å². The Morgan fingerprint density at radius 3 is 1.50 bits per heavy atom. The lowest BCUT2D eigenvalue weighted by Gasteiger charge is -2.06. The second-order valence-corrected chi connectivity index (χ2v) is 2.83. The molecule has 0 bridgehead atoms. The molecule has 2 rings (SSSR count). The molecule has 4 heteroatoms. The van der Waals surface area contributed by atoms with Gasteiger partial charge in [-0.05, 0) is 12.2 Å². The maximum absolute atomic E-state index is 11.2. The minimum Gasteiger partial charge on any atom is -0.289 e. The van der Waals surface area contributed by atoms with Crippen LogP contribution in [0, 0.1) is 22.7 Å². The predicted octanol–water partition coefficient (Wildman–Crippen LogP) is 1.66. The quantitative estimate of drug-likeness (QED) is 0.651. The maximum Gasteiger partial charge on any atom is 0.186 e. The monoisotopic (exact) mass is 210 g/mol. The molecule has 0 aromatic heterocycles. The van der Waals surface area contributed by atoms with Crippen molar-refractivity contribution < 1.29 is 9.59 Å². The maximum atomic E-state index is 11.2. The normalized spacial score (nSPS) is 11.6. The second kappa shape index (κ2) is 5.23. The van der Waals surface area contributed by atoms with Gasteiger partial charge in [0.1, 0.15) is 0 Å². The van der Waals surface area contributed by atoms with E-state index in [0.29, 0.717) is 11.1 Å². The smallest absolute Gasteiger partial charge is 0.186 e. The van der Waals surface area contributed by atoms with Crippen molar-refractivity contribution in [2.75, 3.05) is 0 Å². The number of nitrogens with zero attached hydrogens (tertiary/aromatic N) is 2. The van der Waals surface area contributed by atoms with Crippen LogP contribution in [0.25, 0.3) is 0 Å². The number of nitriles is 2. The van der Waals surface area contributed by atoms with E-state index < -0.39 is 0 Å². The van der Waals surface area contributed by atoms with Crippen LogP contribution in [0.2, 0.25) is 0 Å². The molecule has 0 radical (unpaired) electrons. The standard InChI is InChI=1S/C10H6O2.C2N2/c11-9-5-6-10(12)8-4-2-1-3-7(8)9;3-1-2-4/h1-6H;. The van der Waals surface area contributed by atoms with Crippen molar-refractivity contribution in [2.45, 2.75) is 0 Å². The first kappa shape index (κ1) is 11.4. The summed E-state index contributed by atoms with van der Waals surface area (Å²) in [5.41, 5.74) is 1.01. The summed E-state index contributed by atoms with van der Waals surface area (Å²) >= 11 is 0. The molecule has 0 N–H and O–H groups in total. The van der Waals surface area contributed by atoms with Gasteiger partial charge in [-0.1, -0.05) is 24.3 Å². The van der Waals surface area contributed by atoms with Gasteiger partial charge in [-0.3, -0.25) is 9.59 Å². The lowest BCUT2D eigenvalue weighted by molar-refractivity contribution is 0.0994. The molecule has 76 valence electrons. The third-order valence-corrected chi connectivity index (χ3v) is 1.89. The molecule has 16 heavy (non-hydrogen) atoms. The van der Waals surface area contributed by atoms with Crippen LogP contribution in [-0.2, 0) is 0 Å². The molecule has 0 aliphatic heterocycles. The van der Waals surface area contributed by atoms with E-state index in [1.807, 2.05) is 0 Å². The number of hydrogen-bond acceptors (Lipinski definition) is 4. The zero-order valence-electron chi connectivity index (χ0n) is 8.18. The Morgan fingerprint density at radius 1 is 0.812 bits per heavy atom. The first-order valence-electron chi connectivity index (χ1n) is 4.34. The fourth-order valence-corrected chi connectivity index (χ4v) is 1.24. The number of allylic oxidation sites excluding steroid dienone is 2. The van der Waals surface area contributed by atoms with Gasteiger partial charge in [0.25, 0.3) is 0 Å². The molecule has 0 heterocycles. The van der Waals surface area contributed by atoms with E-state index in [1.54, 1.807) is 24.3 Å². The fraction of sp³-hybridized carbons (Fsp3) is 0. The Kier molecular flexibility index (Phi) is 3.71. The van der Waals surface area contributed by atoms with Crippen LogP contribution in [0.4, 0.5) is 0 Å². The van der Waals surface area contributed by atoms with E-state index in [0.717, 1.165) is 0 Å². The average molecular weight is 210 g/mol. The highest BCUT2D eigenvalue weighted by atomic mass is 16.1. The molecule has 0 amide bonds. The molecule has 0 atom stereocenters. The van der Waals surface area contributed by atoms with E-state index >= 15 is 0 Å². The molecule has 0 unspecified atom stereocenters. The Balaban J connectivity index is 0.000000280. The van der Waals surface area contributed by atoms with Gasteiger partial charge < -0.3 is 0 Å². The van der Waals surface area contributed by atoms with Crippen molar-refractivity contribution in [1.82, 2.24) is 0 Å². The van der Waals surface area contributed by atoms with Gasteiger partial charge in [0.05, 0.1) is 0 Å². The average Bonchev–Trinajstić information content (AvgIpc) is 2.35. The van der Waals surface area contributed by atoms with Crippen molar-refractivity contribution >= 4 is 11.6 Å². The van der Waals surface area contributed by atoms with Crippen molar-refractivity contribution in [1.29, 1.82) is 10.5 Å². The summed E-state index contributed by atoms with van der Waals surface area (Å²) in [4.78, 5) is 22.4. The van der Waals surface area contributed by atoms with Crippen molar-refractivity contribution in [2.24, 2.45) is 0 Å². The Morgan fingerprint density at radius 2 is 1.19 bits per heavy atom. The number of carbonyl (C=O) groups excluding carboxylic acids is 2. The number of carbonyl (C=O) groups is 2. The molecule has 1 aromatic carbocycles. The van der Waals surface area contributed by atoms with Gasteiger partial charge in [-0.2, -0.15) is 10.5 Å². The molecule has 0 saturated heterocycles. The van der Waals surface area contributed by atoms with Crippen LogP contribution in [0.5, 0.6) is 0 Å². The zero-order chi connectivity index (χ0) is 12.0. The molecule has 1 aliphatic rings. The summed E-state index contributed by atoms with van der Waals surface area (Å²) in [5.74, 6) is -0.185.